The van der Waals surface area contributed by atoms with Crippen molar-refractivity contribution in [1.29, 1.82) is 0 Å². The molecule has 0 unspecified atom stereocenters. The highest BCUT2D eigenvalue weighted by molar-refractivity contribution is 7.89. The third-order valence-corrected chi connectivity index (χ3v) is 4.04. The molecule has 0 bridgehead atoms. The van der Waals surface area contributed by atoms with Gasteiger partial charge in [-0.2, -0.15) is 0 Å². The van der Waals surface area contributed by atoms with Crippen LogP contribution in [0.3, 0.4) is 0 Å². The van der Waals surface area contributed by atoms with Crippen molar-refractivity contribution < 1.29 is 8.42 Å². The Morgan fingerprint density at radius 3 is 2.79 bits per heavy atom. The van der Waals surface area contributed by atoms with Crippen LogP contribution in [-0.4, -0.2) is 41.5 Å². The van der Waals surface area contributed by atoms with Crippen LogP contribution in [0, 0.1) is 0 Å². The minimum absolute atomic E-state index is 0.118. The van der Waals surface area contributed by atoms with Crippen LogP contribution in [0.2, 0.25) is 0 Å². The van der Waals surface area contributed by atoms with Crippen molar-refractivity contribution in [3.8, 4) is 0 Å². The molecule has 0 saturated heterocycles. The third kappa shape index (κ3) is 6.13. The van der Waals surface area contributed by atoms with Gasteiger partial charge in [-0.3, -0.25) is 0 Å². The van der Waals surface area contributed by atoms with E-state index in [9.17, 15) is 8.42 Å². The van der Waals surface area contributed by atoms with Gasteiger partial charge in [0.05, 0.1) is 12.3 Å². The number of sulfonamides is 1. The summed E-state index contributed by atoms with van der Waals surface area (Å²) >= 11 is 0. The zero-order valence-corrected chi connectivity index (χ0v) is 12.6. The van der Waals surface area contributed by atoms with E-state index in [0.717, 1.165) is 6.54 Å². The first kappa shape index (κ1) is 16.1. The first-order chi connectivity index (χ1) is 8.94. The molecule has 0 radical (unpaired) electrons. The Kier molecular flexibility index (Phi) is 6.40. The molecule has 7 nitrogen and oxygen atoms in total. The molecule has 0 fully saturated rings. The van der Waals surface area contributed by atoms with Gasteiger partial charge in [0.2, 0.25) is 10.0 Å². The zero-order valence-electron chi connectivity index (χ0n) is 11.8. The normalized spacial score (nSPS) is 12.2. The molecule has 1 aromatic heterocycles. The molecule has 1 heterocycles. The van der Waals surface area contributed by atoms with Gasteiger partial charge in [-0.05, 0) is 19.9 Å². The molecule has 0 atom stereocenters. The Labute approximate surface area is 114 Å². The first-order valence-corrected chi connectivity index (χ1v) is 8.17. The van der Waals surface area contributed by atoms with Crippen LogP contribution in [0.1, 0.15) is 33.0 Å². The molecule has 0 amide bonds. The van der Waals surface area contributed by atoms with Crippen molar-refractivity contribution in [2.24, 2.45) is 0 Å². The van der Waals surface area contributed by atoms with Crippen LogP contribution in [0.15, 0.2) is 6.33 Å². The SMILES string of the molecule is CCn1cnnc1CNS(=O)(=O)CCCNC(C)C. The lowest BCUT2D eigenvalue weighted by Crippen LogP contribution is -2.30. The van der Waals surface area contributed by atoms with E-state index in [0.29, 0.717) is 24.8 Å². The highest BCUT2D eigenvalue weighted by atomic mass is 32.2. The van der Waals surface area contributed by atoms with Gasteiger partial charge in [-0.1, -0.05) is 13.8 Å². The molecule has 0 spiro atoms. The minimum Gasteiger partial charge on any atom is -0.317 e. The number of rotatable bonds is 9. The molecule has 0 aliphatic heterocycles. The van der Waals surface area contributed by atoms with Crippen LogP contribution in [-0.2, 0) is 23.1 Å². The Bertz CT molecular complexity index is 469. The summed E-state index contributed by atoms with van der Waals surface area (Å²) in [5, 5.41) is 10.8. The average Bonchev–Trinajstić information content (AvgIpc) is 2.79. The standard InChI is InChI=1S/C11H23N5O2S/c1-4-16-9-13-15-11(16)8-14-19(17,18)7-5-6-12-10(2)3/h9-10,12,14H,4-8H2,1-3H3. The molecule has 1 rings (SSSR count). The maximum absolute atomic E-state index is 11.8. The molecule has 0 aliphatic rings. The van der Waals surface area contributed by atoms with Crippen molar-refractivity contribution >= 4 is 10.0 Å². The molecule has 0 aromatic carbocycles. The van der Waals surface area contributed by atoms with E-state index in [1.165, 1.54) is 0 Å². The lowest BCUT2D eigenvalue weighted by molar-refractivity contribution is 0.557. The van der Waals surface area contributed by atoms with Crippen LogP contribution in [0.25, 0.3) is 0 Å². The lowest BCUT2D eigenvalue weighted by Gasteiger charge is -2.09. The Balaban J connectivity index is 2.34. The number of nitrogens with zero attached hydrogens (tertiary/aromatic N) is 3. The summed E-state index contributed by atoms with van der Waals surface area (Å²) in [6, 6.07) is 0.374. The van der Waals surface area contributed by atoms with Gasteiger partial charge in [0, 0.05) is 12.6 Å². The number of aryl methyl sites for hydroxylation is 1. The van der Waals surface area contributed by atoms with E-state index >= 15 is 0 Å². The van der Waals surface area contributed by atoms with Crippen LogP contribution in [0.4, 0.5) is 0 Å². The van der Waals surface area contributed by atoms with Gasteiger partial charge in [-0.15, -0.1) is 10.2 Å². The Morgan fingerprint density at radius 2 is 2.16 bits per heavy atom. The predicted molar refractivity (Wildman–Crippen MR) is 74.1 cm³/mol. The minimum atomic E-state index is -3.25. The quantitative estimate of drug-likeness (QED) is 0.630. The lowest BCUT2D eigenvalue weighted by atomic mass is 10.4. The van der Waals surface area contributed by atoms with Gasteiger partial charge in [0.25, 0.3) is 0 Å². The van der Waals surface area contributed by atoms with Crippen LogP contribution >= 0.6 is 0 Å². The fourth-order valence-electron chi connectivity index (χ4n) is 1.58. The number of hydrogen-bond donors (Lipinski definition) is 2. The number of aromatic nitrogens is 3. The highest BCUT2D eigenvalue weighted by Gasteiger charge is 2.11. The van der Waals surface area contributed by atoms with Crippen molar-refractivity contribution in [3.05, 3.63) is 12.2 Å². The van der Waals surface area contributed by atoms with Crippen molar-refractivity contribution in [3.63, 3.8) is 0 Å². The fraction of sp³-hybridized carbons (Fsp3) is 0.818. The van der Waals surface area contributed by atoms with Gasteiger partial charge in [0.1, 0.15) is 12.2 Å². The second kappa shape index (κ2) is 7.56. The van der Waals surface area contributed by atoms with Crippen LogP contribution < -0.4 is 10.0 Å². The van der Waals surface area contributed by atoms with Crippen molar-refractivity contribution in [2.75, 3.05) is 12.3 Å². The average molecular weight is 289 g/mol. The highest BCUT2D eigenvalue weighted by Crippen LogP contribution is 1.97. The third-order valence-electron chi connectivity index (χ3n) is 2.63. The molecular formula is C11H23N5O2S. The van der Waals surface area contributed by atoms with Gasteiger partial charge in [0.15, 0.2) is 0 Å². The van der Waals surface area contributed by atoms with E-state index in [4.69, 9.17) is 0 Å². The summed E-state index contributed by atoms with van der Waals surface area (Å²) in [4.78, 5) is 0. The fourth-order valence-corrected chi connectivity index (χ4v) is 2.60. The van der Waals surface area contributed by atoms with Crippen molar-refractivity contribution in [1.82, 2.24) is 24.8 Å². The maximum atomic E-state index is 11.8. The monoisotopic (exact) mass is 289 g/mol. The number of nitrogens with one attached hydrogen (secondary N) is 2. The first-order valence-electron chi connectivity index (χ1n) is 6.52. The topological polar surface area (TPSA) is 88.9 Å². The summed E-state index contributed by atoms with van der Waals surface area (Å²) < 4.78 is 27.9. The maximum Gasteiger partial charge on any atom is 0.212 e. The van der Waals surface area contributed by atoms with E-state index in [-0.39, 0.29) is 12.3 Å². The Hall–Kier alpha value is -0.990. The molecule has 2 N–H and O–H groups in total. The van der Waals surface area contributed by atoms with Gasteiger partial charge >= 0.3 is 0 Å². The zero-order chi connectivity index (χ0) is 14.3. The van der Waals surface area contributed by atoms with E-state index in [1.807, 2.05) is 25.3 Å². The second-order valence-electron chi connectivity index (χ2n) is 4.64. The summed E-state index contributed by atoms with van der Waals surface area (Å²) in [5.41, 5.74) is 0. The molecule has 1 aromatic rings. The molecule has 0 aliphatic carbocycles. The van der Waals surface area contributed by atoms with E-state index in [2.05, 4.69) is 20.2 Å². The van der Waals surface area contributed by atoms with Crippen molar-refractivity contribution in [2.45, 2.75) is 46.3 Å². The summed E-state index contributed by atoms with van der Waals surface area (Å²) in [6.45, 7) is 7.63. The molecule has 110 valence electrons. The van der Waals surface area contributed by atoms with Gasteiger partial charge < -0.3 is 9.88 Å². The van der Waals surface area contributed by atoms with Gasteiger partial charge in [-0.25, -0.2) is 13.1 Å². The second-order valence-corrected chi connectivity index (χ2v) is 6.56. The molecular weight excluding hydrogens is 266 g/mol. The van der Waals surface area contributed by atoms with Crippen LogP contribution in [0.5, 0.6) is 0 Å². The predicted octanol–water partition coefficient (Wildman–Crippen LogP) is 0.106. The Morgan fingerprint density at radius 1 is 1.42 bits per heavy atom. The number of hydrogen-bond acceptors (Lipinski definition) is 5. The smallest absolute Gasteiger partial charge is 0.212 e. The molecule has 19 heavy (non-hydrogen) atoms. The van der Waals surface area contributed by atoms with E-state index < -0.39 is 10.0 Å². The summed E-state index contributed by atoms with van der Waals surface area (Å²) in [5.74, 6) is 0.749. The largest absolute Gasteiger partial charge is 0.317 e. The van der Waals surface area contributed by atoms with E-state index in [1.54, 1.807) is 6.33 Å². The summed E-state index contributed by atoms with van der Waals surface area (Å²) in [7, 11) is -3.25. The summed E-state index contributed by atoms with van der Waals surface area (Å²) in [6.07, 6.45) is 2.18. The molecule has 0 saturated carbocycles. The molecule has 8 heteroatoms.